The molecule has 3 N–H and O–H groups in total. The molecule has 3 amide bonds. The number of aromatic nitrogens is 1. The third kappa shape index (κ3) is 11.6. The van der Waals surface area contributed by atoms with Crippen LogP contribution in [0.1, 0.15) is 55.6 Å². The van der Waals surface area contributed by atoms with E-state index >= 15 is 4.39 Å². The molecule has 0 unspecified atom stereocenters. The van der Waals surface area contributed by atoms with Crippen molar-refractivity contribution in [3.63, 3.8) is 0 Å². The zero-order chi connectivity index (χ0) is 41.9. The van der Waals surface area contributed by atoms with E-state index in [1.165, 1.54) is 29.4 Å². The number of hydrogen-bond donors (Lipinski definition) is 3. The van der Waals surface area contributed by atoms with E-state index in [4.69, 9.17) is 28.4 Å². The summed E-state index contributed by atoms with van der Waals surface area (Å²) in [5.74, 6) is -0.955. The molecule has 2 heterocycles. The van der Waals surface area contributed by atoms with E-state index in [2.05, 4.69) is 15.6 Å². The quantitative estimate of drug-likeness (QED) is 0.0718. The molecule has 0 aliphatic carbocycles. The Bertz CT molecular complexity index is 2060. The number of thiazole rings is 1. The number of methoxy groups -OCH3 is 1. The fourth-order valence-corrected chi connectivity index (χ4v) is 6.83. The Labute approximate surface area is 339 Å². The Hall–Kier alpha value is -5.78. The summed E-state index contributed by atoms with van der Waals surface area (Å²) in [4.78, 5) is 54.8. The number of rotatable bonds is 17. The Kier molecular flexibility index (Phi) is 14.6. The van der Waals surface area contributed by atoms with Crippen molar-refractivity contribution < 1.29 is 57.1 Å². The summed E-state index contributed by atoms with van der Waals surface area (Å²) in [6.07, 6.45) is -0.0677. The third-order valence-electron chi connectivity index (χ3n) is 8.92. The Balaban J connectivity index is 1.32. The molecule has 15 nitrogen and oxygen atoms in total. The summed E-state index contributed by atoms with van der Waals surface area (Å²) >= 11 is 1.24. The number of halogens is 1. The lowest BCUT2D eigenvalue weighted by Gasteiger charge is -2.44. The average Bonchev–Trinajstić information content (AvgIpc) is 3.67. The Morgan fingerprint density at radius 2 is 1.69 bits per heavy atom. The van der Waals surface area contributed by atoms with Gasteiger partial charge in [-0.05, 0) is 87.2 Å². The molecule has 1 aliphatic heterocycles. The van der Waals surface area contributed by atoms with Crippen LogP contribution in [0.3, 0.4) is 0 Å². The smallest absolute Gasteiger partial charge is 0.408 e. The standard InChI is InChI=1S/C41H47FN4O11S/c1-40(2,3)57-38(49)44-13-16-53-17-18-54-19-20-55-33-22-28-12-15-46(39(50)51)41(4,25-35(47)45-37-43-14-21-58-37)31(28)24-34(33)56-29-10-11-30(32(42)23-29)26-6-8-27(9-7-26)36(48)52-5/h6-11,14,21-24H,12-13,15-20,25H2,1-5H3,(H,44,49)(H,50,51)(H,43,45,47)/t41-/m1/s1. The number of alkyl carbamates (subject to hydrolysis) is 1. The molecule has 5 rings (SSSR count). The van der Waals surface area contributed by atoms with Crippen LogP contribution < -0.4 is 20.1 Å². The highest BCUT2D eigenvalue weighted by molar-refractivity contribution is 7.13. The topological polar surface area (TPSA) is 184 Å². The van der Waals surface area contributed by atoms with E-state index in [0.717, 1.165) is 5.56 Å². The SMILES string of the molecule is COC(=O)c1ccc(-c2ccc(Oc3cc4c(cc3OCCOCCOCCNC(=O)OC(C)(C)C)CCN(C(=O)O)[C@]4(C)CC(=O)Nc3nccs3)cc2F)cc1. The van der Waals surface area contributed by atoms with E-state index in [-0.39, 0.29) is 69.6 Å². The molecule has 0 bridgehead atoms. The van der Waals surface area contributed by atoms with E-state index in [1.54, 1.807) is 87.8 Å². The number of anilines is 1. The van der Waals surface area contributed by atoms with Crippen molar-refractivity contribution >= 4 is 40.5 Å². The van der Waals surface area contributed by atoms with E-state index in [9.17, 15) is 24.3 Å². The summed E-state index contributed by atoms with van der Waals surface area (Å²) < 4.78 is 49.2. The molecule has 1 aromatic heterocycles. The average molecular weight is 823 g/mol. The maximum atomic E-state index is 15.6. The molecule has 4 aromatic rings. The number of carbonyl (C=O) groups excluding carboxylic acids is 3. The summed E-state index contributed by atoms with van der Waals surface area (Å²) in [6.45, 7) is 8.47. The van der Waals surface area contributed by atoms with Gasteiger partial charge in [0.2, 0.25) is 5.91 Å². The summed E-state index contributed by atoms with van der Waals surface area (Å²) in [5, 5.41) is 17.7. The highest BCUT2D eigenvalue weighted by Gasteiger charge is 2.44. The Morgan fingerprint density at radius 3 is 2.34 bits per heavy atom. The van der Waals surface area contributed by atoms with Gasteiger partial charge in [0.1, 0.15) is 23.8 Å². The molecule has 1 atom stereocenters. The molecule has 1 aliphatic rings. The van der Waals surface area contributed by atoms with Crippen molar-refractivity contribution in [2.75, 3.05) is 58.6 Å². The first-order valence-electron chi connectivity index (χ1n) is 18.5. The maximum absolute atomic E-state index is 15.6. The molecule has 3 aromatic carbocycles. The van der Waals surface area contributed by atoms with Crippen molar-refractivity contribution in [3.8, 4) is 28.4 Å². The number of nitrogens with one attached hydrogen (secondary N) is 2. The number of carboxylic acid groups (broad SMARTS) is 1. The first-order chi connectivity index (χ1) is 27.7. The largest absolute Gasteiger partial charge is 0.487 e. The van der Waals surface area contributed by atoms with E-state index < -0.39 is 41.0 Å². The molecule has 0 spiro atoms. The summed E-state index contributed by atoms with van der Waals surface area (Å²) in [6, 6.07) is 14.0. The number of carbonyl (C=O) groups is 4. The van der Waals surface area contributed by atoms with Gasteiger partial charge in [0, 0.05) is 36.3 Å². The molecule has 310 valence electrons. The maximum Gasteiger partial charge on any atom is 0.408 e. The summed E-state index contributed by atoms with van der Waals surface area (Å²) in [7, 11) is 1.28. The first kappa shape index (κ1) is 43.3. The number of fused-ring (bicyclic) bond motifs is 1. The number of amides is 3. The molecular formula is C41H47FN4O11S. The highest BCUT2D eigenvalue weighted by Crippen LogP contribution is 2.45. The monoisotopic (exact) mass is 822 g/mol. The van der Waals surface area contributed by atoms with Crippen LogP contribution in [0.4, 0.5) is 19.1 Å². The summed E-state index contributed by atoms with van der Waals surface area (Å²) in [5.41, 5.74) is 0.464. The van der Waals surface area contributed by atoms with Gasteiger partial charge in [0.05, 0.1) is 51.1 Å². The third-order valence-corrected chi connectivity index (χ3v) is 9.61. The van der Waals surface area contributed by atoms with Crippen LogP contribution in [0.25, 0.3) is 11.1 Å². The van der Waals surface area contributed by atoms with E-state index in [1.807, 2.05) is 0 Å². The van der Waals surface area contributed by atoms with Crippen molar-refractivity contribution in [3.05, 3.63) is 88.7 Å². The van der Waals surface area contributed by atoms with Gasteiger partial charge in [-0.15, -0.1) is 11.3 Å². The minimum absolute atomic E-state index is 0.0962. The Morgan fingerprint density at radius 1 is 0.966 bits per heavy atom. The first-order valence-corrected chi connectivity index (χ1v) is 19.3. The fourth-order valence-electron chi connectivity index (χ4n) is 6.28. The molecule has 0 radical (unpaired) electrons. The highest BCUT2D eigenvalue weighted by atomic mass is 32.1. The number of esters is 1. The lowest BCUT2D eigenvalue weighted by atomic mass is 9.79. The zero-order valence-corrected chi connectivity index (χ0v) is 33.7. The van der Waals surface area contributed by atoms with Gasteiger partial charge in [-0.1, -0.05) is 12.1 Å². The van der Waals surface area contributed by atoms with Gasteiger partial charge in [0.15, 0.2) is 16.6 Å². The van der Waals surface area contributed by atoms with Crippen molar-refractivity contribution in [1.82, 2.24) is 15.2 Å². The van der Waals surface area contributed by atoms with Gasteiger partial charge in [-0.2, -0.15) is 0 Å². The fraction of sp³-hybridized carbons (Fsp3) is 0.390. The number of nitrogens with zero attached hydrogens (tertiary/aromatic N) is 2. The number of hydrogen-bond acceptors (Lipinski definition) is 12. The van der Waals surface area contributed by atoms with Crippen LogP contribution in [0.2, 0.25) is 0 Å². The lowest BCUT2D eigenvalue weighted by Crippen LogP contribution is -2.52. The van der Waals surface area contributed by atoms with Crippen LogP contribution in [0.15, 0.2) is 66.2 Å². The minimum atomic E-state index is -1.32. The molecule has 17 heteroatoms. The molecule has 0 saturated heterocycles. The molecular weight excluding hydrogens is 776 g/mol. The number of ether oxygens (including phenoxy) is 6. The van der Waals surface area contributed by atoms with Crippen molar-refractivity contribution in [1.29, 1.82) is 0 Å². The normalized spacial score (nSPS) is 14.9. The van der Waals surface area contributed by atoms with Gasteiger partial charge in [0.25, 0.3) is 0 Å². The van der Waals surface area contributed by atoms with E-state index in [0.29, 0.717) is 34.0 Å². The number of benzene rings is 3. The van der Waals surface area contributed by atoms with Gasteiger partial charge in [-0.25, -0.2) is 23.8 Å². The van der Waals surface area contributed by atoms with Crippen LogP contribution in [-0.4, -0.2) is 97.9 Å². The molecule has 0 fully saturated rings. The van der Waals surface area contributed by atoms with Gasteiger partial charge in [-0.3, -0.25) is 9.69 Å². The van der Waals surface area contributed by atoms with Crippen molar-refractivity contribution in [2.45, 2.75) is 51.7 Å². The molecule has 0 saturated carbocycles. The van der Waals surface area contributed by atoms with Crippen LogP contribution in [0.5, 0.6) is 17.2 Å². The zero-order valence-electron chi connectivity index (χ0n) is 32.9. The predicted octanol–water partition coefficient (Wildman–Crippen LogP) is 7.24. The molecule has 58 heavy (non-hydrogen) atoms. The van der Waals surface area contributed by atoms with Gasteiger partial charge >= 0.3 is 18.2 Å². The minimum Gasteiger partial charge on any atom is -0.487 e. The lowest BCUT2D eigenvalue weighted by molar-refractivity contribution is -0.118. The second-order valence-electron chi connectivity index (χ2n) is 14.3. The predicted molar refractivity (Wildman–Crippen MR) is 212 cm³/mol. The second-order valence-corrected chi connectivity index (χ2v) is 15.2. The van der Waals surface area contributed by atoms with Crippen LogP contribution in [-0.2, 0) is 35.7 Å². The van der Waals surface area contributed by atoms with Gasteiger partial charge < -0.3 is 44.2 Å². The second kappa shape index (κ2) is 19.6. The van der Waals surface area contributed by atoms with Crippen LogP contribution in [0, 0.1) is 5.82 Å². The van der Waals surface area contributed by atoms with Crippen LogP contribution >= 0.6 is 11.3 Å². The van der Waals surface area contributed by atoms with Crippen molar-refractivity contribution in [2.24, 2.45) is 0 Å².